The first-order valence-electron chi connectivity index (χ1n) is 13.9. The molecule has 3 aromatic rings. The second-order valence-electron chi connectivity index (χ2n) is 10.9. The van der Waals surface area contributed by atoms with Gasteiger partial charge in [0.1, 0.15) is 11.6 Å². The van der Waals surface area contributed by atoms with Crippen molar-refractivity contribution in [3.05, 3.63) is 46.6 Å². The molecule has 3 fully saturated rings. The fourth-order valence-corrected chi connectivity index (χ4v) is 6.62. The van der Waals surface area contributed by atoms with Crippen molar-refractivity contribution >= 4 is 50.5 Å². The van der Waals surface area contributed by atoms with Gasteiger partial charge < -0.3 is 24.5 Å². The Labute approximate surface area is 243 Å². The SMILES string of the molecule is CS(=O)(=O)Nc1ccc(Cl)cc1C(=O)N1CCCC[C@H]1c1cc2nc(N3CC[C@@H](O)C3)cc(N3CCOCC3)n2n1. The summed E-state index contributed by atoms with van der Waals surface area (Å²) in [4.78, 5) is 25.0. The van der Waals surface area contributed by atoms with Gasteiger partial charge in [-0.05, 0) is 43.9 Å². The average Bonchev–Trinajstić information content (AvgIpc) is 3.59. The highest BCUT2D eigenvalue weighted by Gasteiger charge is 2.33. The zero-order valence-electron chi connectivity index (χ0n) is 22.9. The molecule has 0 bridgehead atoms. The van der Waals surface area contributed by atoms with Gasteiger partial charge >= 0.3 is 0 Å². The van der Waals surface area contributed by atoms with Gasteiger partial charge in [0.05, 0.1) is 48.6 Å². The lowest BCUT2D eigenvalue weighted by Gasteiger charge is -2.35. The van der Waals surface area contributed by atoms with Gasteiger partial charge in [-0.3, -0.25) is 9.52 Å². The first kappa shape index (κ1) is 28.0. The van der Waals surface area contributed by atoms with Crippen LogP contribution in [0.4, 0.5) is 17.3 Å². The number of likely N-dealkylation sites (tertiary alicyclic amines) is 1. The van der Waals surface area contributed by atoms with Crippen molar-refractivity contribution in [2.24, 2.45) is 0 Å². The third kappa shape index (κ3) is 5.94. The normalized spacial score (nSPS) is 22.0. The number of aliphatic hydroxyl groups excluding tert-OH is 1. The van der Waals surface area contributed by atoms with E-state index in [1.807, 2.05) is 16.6 Å². The van der Waals surface area contributed by atoms with Crippen LogP contribution < -0.4 is 14.5 Å². The van der Waals surface area contributed by atoms with E-state index in [1.54, 1.807) is 11.0 Å². The molecule has 0 spiro atoms. The molecule has 0 aliphatic carbocycles. The van der Waals surface area contributed by atoms with E-state index in [4.69, 9.17) is 26.4 Å². The molecular weight excluding hydrogens is 570 g/mol. The molecule has 0 saturated carbocycles. The largest absolute Gasteiger partial charge is 0.391 e. The molecule has 1 aromatic carbocycles. The Hall–Kier alpha value is -3.13. The minimum Gasteiger partial charge on any atom is -0.391 e. The van der Waals surface area contributed by atoms with E-state index in [-0.39, 0.29) is 29.3 Å². The second kappa shape index (κ2) is 11.3. The first-order chi connectivity index (χ1) is 19.7. The second-order valence-corrected chi connectivity index (χ2v) is 13.1. The molecule has 3 aliphatic rings. The molecule has 2 N–H and O–H groups in total. The van der Waals surface area contributed by atoms with Gasteiger partial charge in [0.25, 0.3) is 5.91 Å². The monoisotopic (exact) mass is 603 g/mol. The number of anilines is 3. The molecule has 2 aromatic heterocycles. The number of morpholine rings is 1. The van der Waals surface area contributed by atoms with Crippen molar-refractivity contribution in [1.82, 2.24) is 19.5 Å². The van der Waals surface area contributed by atoms with Crippen LogP contribution in [0.3, 0.4) is 0 Å². The number of amides is 1. The zero-order chi connectivity index (χ0) is 28.7. The van der Waals surface area contributed by atoms with Gasteiger partial charge in [-0.2, -0.15) is 9.61 Å². The van der Waals surface area contributed by atoms with Gasteiger partial charge in [-0.1, -0.05) is 11.6 Å². The Bertz CT molecular complexity index is 1560. The number of sulfonamides is 1. The summed E-state index contributed by atoms with van der Waals surface area (Å²) in [6.45, 7) is 4.42. The van der Waals surface area contributed by atoms with Gasteiger partial charge in [0.2, 0.25) is 10.0 Å². The summed E-state index contributed by atoms with van der Waals surface area (Å²) in [7, 11) is -3.61. The smallest absolute Gasteiger partial charge is 0.256 e. The molecule has 12 nitrogen and oxygen atoms in total. The van der Waals surface area contributed by atoms with E-state index in [0.29, 0.717) is 49.8 Å². The maximum Gasteiger partial charge on any atom is 0.256 e. The molecule has 3 aliphatic heterocycles. The number of piperidine rings is 1. The van der Waals surface area contributed by atoms with Crippen molar-refractivity contribution in [3.63, 3.8) is 0 Å². The maximum atomic E-state index is 14.0. The Morgan fingerprint density at radius 1 is 1.07 bits per heavy atom. The minimum atomic E-state index is -3.61. The number of carbonyl (C=O) groups excluding carboxylic acids is 1. The molecule has 14 heteroatoms. The van der Waals surface area contributed by atoms with Crippen LogP contribution in [-0.2, 0) is 14.8 Å². The third-order valence-corrected chi connectivity index (χ3v) is 8.67. The highest BCUT2D eigenvalue weighted by atomic mass is 35.5. The number of carbonyl (C=O) groups is 1. The molecule has 2 atom stereocenters. The number of nitrogens with zero attached hydrogens (tertiary/aromatic N) is 6. The van der Waals surface area contributed by atoms with Gasteiger partial charge in [0, 0.05) is 49.9 Å². The van der Waals surface area contributed by atoms with Gasteiger partial charge in [-0.15, -0.1) is 0 Å². The molecule has 220 valence electrons. The van der Waals surface area contributed by atoms with Crippen molar-refractivity contribution in [1.29, 1.82) is 0 Å². The summed E-state index contributed by atoms with van der Waals surface area (Å²) in [6.07, 6.45) is 3.82. The van der Waals surface area contributed by atoms with E-state index in [0.717, 1.165) is 56.1 Å². The van der Waals surface area contributed by atoms with Crippen LogP contribution in [0.2, 0.25) is 5.02 Å². The lowest BCUT2D eigenvalue weighted by molar-refractivity contribution is 0.0606. The molecule has 3 saturated heterocycles. The number of hydrogen-bond acceptors (Lipinski definition) is 9. The van der Waals surface area contributed by atoms with Crippen molar-refractivity contribution in [2.75, 3.05) is 66.7 Å². The number of nitrogens with one attached hydrogen (secondary N) is 1. The van der Waals surface area contributed by atoms with Gasteiger partial charge in [0.15, 0.2) is 5.65 Å². The number of aromatic nitrogens is 3. The van der Waals surface area contributed by atoms with Crippen molar-refractivity contribution in [2.45, 2.75) is 37.8 Å². The molecule has 41 heavy (non-hydrogen) atoms. The highest BCUT2D eigenvalue weighted by Crippen LogP contribution is 2.35. The fraction of sp³-hybridized carbons (Fsp3) is 0.519. The first-order valence-corrected chi connectivity index (χ1v) is 16.2. The Balaban J connectivity index is 1.39. The standard InChI is InChI=1S/C27H34ClN7O5S/c1-41(38,39)31-21-6-5-18(28)14-20(21)27(37)34-8-3-2-4-23(34)22-15-25-29-24(33-9-7-19(36)17-33)16-26(35(25)30-22)32-10-12-40-13-11-32/h5-6,14-16,19,23,31,36H,2-4,7-13,17H2,1H3/t19-,23+/m1/s1. The quantitative estimate of drug-likeness (QED) is 0.436. The fourth-order valence-electron chi connectivity index (χ4n) is 5.87. The predicted molar refractivity (Wildman–Crippen MR) is 156 cm³/mol. The van der Waals surface area contributed by atoms with Crippen molar-refractivity contribution in [3.8, 4) is 0 Å². The average molecular weight is 604 g/mol. The third-order valence-electron chi connectivity index (χ3n) is 7.85. The lowest BCUT2D eigenvalue weighted by Crippen LogP contribution is -2.39. The molecule has 1 amide bonds. The highest BCUT2D eigenvalue weighted by molar-refractivity contribution is 7.92. The number of benzene rings is 1. The number of ether oxygens (including phenoxy) is 1. The number of rotatable bonds is 6. The van der Waals surface area contributed by atoms with Crippen LogP contribution in [0.5, 0.6) is 0 Å². The van der Waals surface area contributed by atoms with Crippen LogP contribution >= 0.6 is 11.6 Å². The number of aliphatic hydroxyl groups is 1. The minimum absolute atomic E-state index is 0.190. The molecule has 0 unspecified atom stereocenters. The molecule has 0 radical (unpaired) electrons. The Morgan fingerprint density at radius 3 is 2.61 bits per heavy atom. The van der Waals surface area contributed by atoms with Crippen molar-refractivity contribution < 1.29 is 23.1 Å². The van der Waals surface area contributed by atoms with Crippen LogP contribution in [0.25, 0.3) is 5.65 Å². The van der Waals surface area contributed by atoms with Crippen LogP contribution in [0.1, 0.15) is 47.8 Å². The van der Waals surface area contributed by atoms with E-state index in [9.17, 15) is 18.3 Å². The van der Waals surface area contributed by atoms with Crippen LogP contribution in [-0.4, -0.2) is 97.2 Å². The van der Waals surface area contributed by atoms with Crippen LogP contribution in [0.15, 0.2) is 30.3 Å². The van der Waals surface area contributed by atoms with Crippen LogP contribution in [0, 0.1) is 0 Å². The van der Waals surface area contributed by atoms with E-state index < -0.39 is 10.0 Å². The predicted octanol–water partition coefficient (Wildman–Crippen LogP) is 2.53. The number of halogens is 1. The molecule has 6 rings (SSSR count). The lowest BCUT2D eigenvalue weighted by atomic mass is 9.98. The maximum absolute atomic E-state index is 14.0. The topological polar surface area (TPSA) is 133 Å². The number of β-amino-alcohol motifs (C(OH)–C–C–N with tert-alkyl or cyclic N) is 1. The molecule has 5 heterocycles. The summed E-state index contributed by atoms with van der Waals surface area (Å²) < 4.78 is 33.9. The van der Waals surface area contributed by atoms with E-state index >= 15 is 0 Å². The zero-order valence-corrected chi connectivity index (χ0v) is 24.4. The number of hydrogen-bond donors (Lipinski definition) is 2. The Morgan fingerprint density at radius 2 is 1.88 bits per heavy atom. The number of fused-ring (bicyclic) bond motifs is 1. The Kier molecular flexibility index (Phi) is 7.70. The summed E-state index contributed by atoms with van der Waals surface area (Å²) >= 11 is 6.24. The van der Waals surface area contributed by atoms with E-state index in [1.165, 1.54) is 12.1 Å². The summed E-state index contributed by atoms with van der Waals surface area (Å²) in [6, 6.07) is 8.20. The van der Waals surface area contributed by atoms with E-state index in [2.05, 4.69) is 14.5 Å². The summed E-state index contributed by atoms with van der Waals surface area (Å²) in [5.74, 6) is 1.37. The summed E-state index contributed by atoms with van der Waals surface area (Å²) in [5, 5.41) is 15.5. The van der Waals surface area contributed by atoms with Gasteiger partial charge in [-0.25, -0.2) is 13.4 Å². The molecular formula is C27H34ClN7O5S. The summed E-state index contributed by atoms with van der Waals surface area (Å²) in [5.41, 5.74) is 1.77.